The van der Waals surface area contributed by atoms with Crippen LogP contribution in [-0.2, 0) is 0 Å². The lowest BCUT2D eigenvalue weighted by molar-refractivity contribution is 0.163. The number of hydrogen-bond donors (Lipinski definition) is 3. The topological polar surface area (TPSA) is 44.3 Å². The average Bonchev–Trinajstić information content (AvgIpc) is 2.34. The van der Waals surface area contributed by atoms with E-state index in [0.717, 1.165) is 5.56 Å². The smallest absolute Gasteiger partial charge is 0.0928 e. The Kier molecular flexibility index (Phi) is 9.94. The fraction of sp³-hybridized carbons (Fsp3) is 0.667. The van der Waals surface area contributed by atoms with Crippen LogP contribution in [0.1, 0.15) is 60.1 Å². The number of β-amino-alcohol motifs (C(OH)–C–C–N with tert-alkyl or cyclic N) is 1. The van der Waals surface area contributed by atoms with Crippen LogP contribution in [0.3, 0.4) is 0 Å². The van der Waals surface area contributed by atoms with E-state index in [4.69, 9.17) is 11.6 Å². The maximum atomic E-state index is 9.92. The van der Waals surface area contributed by atoms with Gasteiger partial charge in [-0.3, -0.25) is 0 Å². The van der Waals surface area contributed by atoms with Gasteiger partial charge in [0.1, 0.15) is 0 Å². The Morgan fingerprint density at radius 2 is 1.55 bits per heavy atom. The zero-order valence-electron chi connectivity index (χ0n) is 15.1. The minimum absolute atomic E-state index is 0.00222. The molecule has 1 rings (SSSR count). The number of benzene rings is 1. The maximum Gasteiger partial charge on any atom is 0.0928 e. The van der Waals surface area contributed by atoms with Crippen molar-refractivity contribution in [2.45, 2.75) is 72.2 Å². The van der Waals surface area contributed by atoms with Gasteiger partial charge in [0.05, 0.1) is 6.10 Å². The van der Waals surface area contributed by atoms with E-state index in [1.807, 2.05) is 18.2 Å². The summed E-state index contributed by atoms with van der Waals surface area (Å²) in [6.07, 6.45) is -0.557. The molecular formula is C18H33ClN2O. The molecule has 0 bridgehead atoms. The van der Waals surface area contributed by atoms with Crippen LogP contribution >= 0.6 is 11.6 Å². The Hall–Kier alpha value is -0.610. The lowest BCUT2D eigenvalue weighted by Gasteiger charge is -2.23. The Labute approximate surface area is 141 Å². The molecule has 0 spiro atoms. The molecule has 0 aliphatic rings. The van der Waals surface area contributed by atoms with E-state index in [0.29, 0.717) is 23.7 Å². The van der Waals surface area contributed by atoms with Crippen molar-refractivity contribution in [1.29, 1.82) is 0 Å². The van der Waals surface area contributed by atoms with Crippen molar-refractivity contribution < 1.29 is 5.11 Å². The van der Waals surface area contributed by atoms with Gasteiger partial charge in [0.25, 0.3) is 0 Å². The number of aliphatic hydroxyl groups excluding tert-OH is 1. The molecule has 0 fully saturated rings. The highest BCUT2D eigenvalue weighted by Gasteiger charge is 2.15. The van der Waals surface area contributed by atoms with Gasteiger partial charge in [-0.1, -0.05) is 57.5 Å². The Bertz CT molecular complexity index is 408. The van der Waals surface area contributed by atoms with Gasteiger partial charge < -0.3 is 15.7 Å². The Balaban J connectivity index is 0.000000534. The number of hydrogen-bond acceptors (Lipinski definition) is 3. The van der Waals surface area contributed by atoms with Crippen molar-refractivity contribution in [3.8, 4) is 0 Å². The molecule has 1 aromatic carbocycles. The third-order valence-corrected chi connectivity index (χ3v) is 3.10. The molecular weight excluding hydrogens is 296 g/mol. The monoisotopic (exact) mass is 328 g/mol. The van der Waals surface area contributed by atoms with Gasteiger partial charge in [-0.25, -0.2) is 0 Å². The van der Waals surface area contributed by atoms with Gasteiger partial charge in [0, 0.05) is 34.8 Å². The largest absolute Gasteiger partial charge is 0.387 e. The first kappa shape index (κ1) is 21.4. The van der Waals surface area contributed by atoms with Crippen LogP contribution in [0.4, 0.5) is 0 Å². The molecule has 0 aromatic heterocycles. The molecule has 4 heteroatoms. The summed E-state index contributed by atoms with van der Waals surface area (Å²) in [5.41, 5.74) is 0.776. The molecule has 3 N–H and O–H groups in total. The molecule has 0 amide bonds. The molecule has 1 aromatic rings. The fourth-order valence-corrected chi connectivity index (χ4v) is 2.19. The number of nitrogens with one attached hydrogen (secondary N) is 2. The standard InChI is InChI=1S/C12H18ClNO.C6H15N/c1-12(2,3)14-8-11(15)9-6-4-5-7-10(9)13;1-5(2)7-6(3)4/h4-7,11,14-15H,8H2,1-3H3;5-7H,1-4H3. The Morgan fingerprint density at radius 1 is 1.05 bits per heavy atom. The number of rotatable bonds is 5. The molecule has 0 radical (unpaired) electrons. The summed E-state index contributed by atoms with van der Waals surface area (Å²) in [5, 5.41) is 17.1. The molecule has 3 nitrogen and oxygen atoms in total. The van der Waals surface area contributed by atoms with E-state index in [-0.39, 0.29) is 5.54 Å². The highest BCUT2D eigenvalue weighted by Crippen LogP contribution is 2.22. The lowest BCUT2D eigenvalue weighted by atomic mass is 10.1. The molecule has 1 atom stereocenters. The molecule has 0 heterocycles. The molecule has 0 saturated heterocycles. The van der Waals surface area contributed by atoms with E-state index in [1.54, 1.807) is 6.07 Å². The molecule has 0 aliphatic heterocycles. The van der Waals surface area contributed by atoms with Crippen molar-refractivity contribution in [3.63, 3.8) is 0 Å². The van der Waals surface area contributed by atoms with Gasteiger partial charge in [0.15, 0.2) is 0 Å². The predicted octanol–water partition coefficient (Wildman–Crippen LogP) is 4.15. The molecule has 0 aliphatic carbocycles. The van der Waals surface area contributed by atoms with E-state index >= 15 is 0 Å². The van der Waals surface area contributed by atoms with Crippen LogP contribution in [-0.4, -0.2) is 29.3 Å². The first-order chi connectivity index (χ1) is 10.0. The van der Waals surface area contributed by atoms with Crippen molar-refractivity contribution in [1.82, 2.24) is 10.6 Å². The molecule has 128 valence electrons. The van der Waals surface area contributed by atoms with E-state index < -0.39 is 6.10 Å². The summed E-state index contributed by atoms with van der Waals surface area (Å²) in [6.45, 7) is 15.3. The maximum absolute atomic E-state index is 9.92. The number of aliphatic hydroxyl groups is 1. The molecule has 22 heavy (non-hydrogen) atoms. The lowest BCUT2D eigenvalue weighted by Crippen LogP contribution is -2.38. The molecule has 1 unspecified atom stereocenters. The minimum Gasteiger partial charge on any atom is -0.387 e. The summed E-state index contributed by atoms with van der Waals surface area (Å²) >= 11 is 5.98. The minimum atomic E-state index is -0.557. The third kappa shape index (κ3) is 11.0. The number of halogens is 1. The second kappa shape index (κ2) is 10.2. The summed E-state index contributed by atoms with van der Waals surface area (Å²) in [6, 6.07) is 8.62. The summed E-state index contributed by atoms with van der Waals surface area (Å²) < 4.78 is 0. The van der Waals surface area contributed by atoms with Gasteiger partial charge in [-0.05, 0) is 26.8 Å². The van der Waals surface area contributed by atoms with Crippen LogP contribution in [0.25, 0.3) is 0 Å². The highest BCUT2D eigenvalue weighted by atomic mass is 35.5. The van der Waals surface area contributed by atoms with E-state index in [1.165, 1.54) is 0 Å². The first-order valence-corrected chi connectivity index (χ1v) is 8.34. The van der Waals surface area contributed by atoms with Gasteiger partial charge in [-0.2, -0.15) is 0 Å². The van der Waals surface area contributed by atoms with Crippen LogP contribution in [0.5, 0.6) is 0 Å². The van der Waals surface area contributed by atoms with Crippen molar-refractivity contribution in [3.05, 3.63) is 34.9 Å². The fourth-order valence-electron chi connectivity index (χ4n) is 1.92. The van der Waals surface area contributed by atoms with Crippen LogP contribution in [0.15, 0.2) is 24.3 Å². The summed E-state index contributed by atoms with van der Waals surface area (Å²) in [7, 11) is 0. The average molecular weight is 329 g/mol. The van der Waals surface area contributed by atoms with Gasteiger partial charge in [-0.15, -0.1) is 0 Å². The van der Waals surface area contributed by atoms with Crippen molar-refractivity contribution >= 4 is 11.6 Å². The summed E-state index contributed by atoms with van der Waals surface area (Å²) in [5.74, 6) is 0. The molecule has 0 saturated carbocycles. The first-order valence-electron chi connectivity index (χ1n) is 7.96. The Morgan fingerprint density at radius 3 is 1.91 bits per heavy atom. The van der Waals surface area contributed by atoms with Crippen molar-refractivity contribution in [2.75, 3.05) is 6.54 Å². The van der Waals surface area contributed by atoms with Crippen LogP contribution in [0, 0.1) is 0 Å². The SMILES string of the molecule is CC(C)(C)NCC(O)c1ccccc1Cl.CC(C)NC(C)C. The zero-order chi connectivity index (χ0) is 17.3. The normalized spacial score (nSPS) is 13.0. The van der Waals surface area contributed by atoms with E-state index in [9.17, 15) is 5.11 Å². The second-order valence-electron chi connectivity index (χ2n) is 7.14. The quantitative estimate of drug-likeness (QED) is 0.760. The van der Waals surface area contributed by atoms with Gasteiger partial charge >= 0.3 is 0 Å². The van der Waals surface area contributed by atoms with Crippen molar-refractivity contribution in [2.24, 2.45) is 0 Å². The van der Waals surface area contributed by atoms with Gasteiger partial charge in [0.2, 0.25) is 0 Å². The highest BCUT2D eigenvalue weighted by molar-refractivity contribution is 6.31. The van der Waals surface area contributed by atoms with Crippen LogP contribution in [0.2, 0.25) is 5.02 Å². The van der Waals surface area contributed by atoms with E-state index in [2.05, 4.69) is 59.1 Å². The third-order valence-electron chi connectivity index (χ3n) is 2.76. The predicted molar refractivity (Wildman–Crippen MR) is 97.6 cm³/mol. The second-order valence-corrected chi connectivity index (χ2v) is 7.55. The summed E-state index contributed by atoms with van der Waals surface area (Å²) in [4.78, 5) is 0. The van der Waals surface area contributed by atoms with Crippen LogP contribution < -0.4 is 10.6 Å². The zero-order valence-corrected chi connectivity index (χ0v) is 15.8.